The first-order valence-corrected chi connectivity index (χ1v) is 18.5. The number of nitrogens with one attached hydrogen (secondary N) is 2. The van der Waals surface area contributed by atoms with Crippen LogP contribution in [0.4, 0.5) is 0 Å². The second-order valence-electron chi connectivity index (χ2n) is 13.8. The minimum absolute atomic E-state index is 0. The van der Waals surface area contributed by atoms with Gasteiger partial charge in [-0.25, -0.2) is 0 Å². The molecule has 0 spiro atoms. The Kier molecular flexibility index (Phi) is 134. The second kappa shape index (κ2) is 76.1. The molecule has 0 radical (unpaired) electrons. The molecule has 0 bridgehead atoms. The summed E-state index contributed by atoms with van der Waals surface area (Å²) in [5.74, 6) is 0.813. The molecule has 0 heterocycles. The molecule has 65 heavy (non-hydrogen) atoms. The van der Waals surface area contributed by atoms with Gasteiger partial charge in [0.2, 0.25) is 11.8 Å². The predicted octanol–water partition coefficient (Wildman–Crippen LogP) is 12.5. The average molecular weight is 958 g/mol. The van der Waals surface area contributed by atoms with Gasteiger partial charge in [0.1, 0.15) is 12.4 Å². The molecule has 0 aliphatic rings. The Hall–Kier alpha value is -2.16. The lowest BCUT2D eigenvalue weighted by Crippen LogP contribution is -2.43. The number of hydrogen-bond acceptors (Lipinski definition) is 11. The van der Waals surface area contributed by atoms with Gasteiger partial charge in [0.05, 0.1) is 19.8 Å². The summed E-state index contributed by atoms with van der Waals surface area (Å²) >= 11 is 0. The van der Waals surface area contributed by atoms with E-state index in [2.05, 4.69) is 62.0 Å². The van der Waals surface area contributed by atoms with Crippen LogP contribution in [0.3, 0.4) is 0 Å². The number of carbonyl (C=O) groups is 4. The van der Waals surface area contributed by atoms with E-state index in [1.807, 2.05) is 4.90 Å². The zero-order chi connectivity index (χ0) is 36.9. The number of Topliss-reactive ketones (excluding diaryl/α,β-unsaturated/α-hetero) is 1. The zero-order valence-electron chi connectivity index (χ0n) is 32.1. The first-order chi connectivity index (χ1) is 23.4. The molecular weight excluding hydrogens is 821 g/mol. The summed E-state index contributed by atoms with van der Waals surface area (Å²) < 4.78 is 15.3. The normalized spacial score (nSPS) is 8.89. The van der Waals surface area contributed by atoms with Gasteiger partial charge in [0, 0.05) is 111 Å². The van der Waals surface area contributed by atoms with Crippen molar-refractivity contribution in [3.63, 3.8) is 0 Å². The van der Waals surface area contributed by atoms with Crippen LogP contribution in [0, 0.1) is 11.8 Å². The monoisotopic (exact) mass is 957 g/mol. The summed E-state index contributed by atoms with van der Waals surface area (Å²) in [7, 11) is 1.59. The predicted molar refractivity (Wildman–Crippen MR) is 303 cm³/mol. The molecule has 4 N–H and O–H groups in total. The molecule has 0 aromatic carbocycles. The van der Waals surface area contributed by atoms with Gasteiger partial charge in [-0.1, -0.05) is 147 Å². The Morgan fingerprint density at radius 2 is 0.954 bits per heavy atom. The van der Waals surface area contributed by atoms with Gasteiger partial charge in [-0.3, -0.25) is 24.1 Å². The van der Waals surface area contributed by atoms with Crippen LogP contribution in [0.25, 0.3) is 0 Å². The van der Waals surface area contributed by atoms with Crippen LogP contribution in [0.15, 0.2) is 0 Å². The molecular formula is C52H136N6O7. The first kappa shape index (κ1) is 114. The van der Waals surface area contributed by atoms with Crippen molar-refractivity contribution in [1.29, 1.82) is 0 Å². The molecule has 0 aromatic heterocycles. The largest absolute Gasteiger partial charge is 0.463 e. The van der Waals surface area contributed by atoms with Crippen LogP contribution in [0.5, 0.6) is 0 Å². The van der Waals surface area contributed by atoms with Crippen LogP contribution in [-0.2, 0) is 33.4 Å². The van der Waals surface area contributed by atoms with Gasteiger partial charge < -0.3 is 40.4 Å². The molecule has 2 amide bonds. The molecule has 0 atom stereocenters. The first-order valence-electron chi connectivity index (χ1n) is 18.5. The maximum atomic E-state index is 12.8. The summed E-state index contributed by atoms with van der Waals surface area (Å²) in [5, 5.41) is 5.90. The Labute approximate surface area is 415 Å². The molecule has 0 aromatic rings. The smallest absolute Gasteiger partial charge is 0.305 e. The highest BCUT2D eigenvalue weighted by molar-refractivity contribution is 5.78. The van der Waals surface area contributed by atoms with E-state index in [1.54, 1.807) is 7.11 Å². The maximum Gasteiger partial charge on any atom is 0.305 e. The van der Waals surface area contributed by atoms with E-state index in [0.717, 1.165) is 26.2 Å². The van der Waals surface area contributed by atoms with Crippen molar-refractivity contribution < 1.29 is 33.4 Å². The average Bonchev–Trinajstić information content (AvgIpc) is 3.04. The van der Waals surface area contributed by atoms with E-state index in [0.29, 0.717) is 116 Å². The number of nitrogens with two attached hydrogens (primary N) is 1. The highest BCUT2D eigenvalue weighted by Crippen LogP contribution is 2.07. The van der Waals surface area contributed by atoms with Crippen molar-refractivity contribution in [2.24, 2.45) is 17.6 Å². The van der Waals surface area contributed by atoms with Crippen molar-refractivity contribution in [3.05, 3.63) is 0 Å². The Bertz CT molecular complexity index is 881. The molecule has 0 aliphatic heterocycles. The molecule has 0 fully saturated rings. The van der Waals surface area contributed by atoms with Crippen LogP contribution in [0.2, 0.25) is 0 Å². The van der Waals surface area contributed by atoms with Crippen molar-refractivity contribution in [2.75, 3.05) is 106 Å². The second-order valence-corrected chi connectivity index (χ2v) is 13.8. The van der Waals surface area contributed by atoms with Gasteiger partial charge in [-0.15, -0.1) is 0 Å². The highest BCUT2D eigenvalue weighted by atomic mass is 16.6. The Morgan fingerprint density at radius 1 is 0.492 bits per heavy atom. The van der Waals surface area contributed by atoms with Gasteiger partial charge in [-0.05, 0) is 45.1 Å². The van der Waals surface area contributed by atoms with Crippen LogP contribution in [-0.4, -0.2) is 150 Å². The minimum atomic E-state index is -0.329. The van der Waals surface area contributed by atoms with E-state index < -0.39 is 0 Å². The number of rotatable bonds is 33. The number of esters is 1. The molecule has 0 aliphatic carbocycles. The summed E-state index contributed by atoms with van der Waals surface area (Å²) in [6.07, 6.45) is 2.85. The van der Waals surface area contributed by atoms with E-state index in [9.17, 15) is 19.2 Å². The van der Waals surface area contributed by atoms with E-state index in [1.165, 1.54) is 0 Å². The summed E-state index contributed by atoms with van der Waals surface area (Å²) in [6, 6.07) is 0.482. The standard InChI is InChI=1S/C36H72N6O7.16CH4/c1-30(2)28-41(22-23-42(32(5)6)29-31(3)4)20-14-35(45)39-17-21-40(18-12-33(43)10-8-15-37)19-13-34(44)38-16-9-11-36(46)49-27-26-48-25-24-47-7;;;;;;;;;;;;;;;;/h30-32H,8-29,37H2,1-7H3,(H,38,44)(H,39,45);16*1H4. The van der Waals surface area contributed by atoms with Gasteiger partial charge in [-0.2, -0.15) is 0 Å². The molecule has 13 nitrogen and oxygen atoms in total. The molecule has 13 heteroatoms. The summed E-state index contributed by atoms with van der Waals surface area (Å²) in [5.41, 5.74) is 5.55. The van der Waals surface area contributed by atoms with Crippen molar-refractivity contribution >= 4 is 23.6 Å². The highest BCUT2D eigenvalue weighted by Gasteiger charge is 2.16. The van der Waals surface area contributed by atoms with Crippen molar-refractivity contribution in [1.82, 2.24) is 25.3 Å². The fraction of sp³-hybridized carbons (Fsp3) is 0.923. The van der Waals surface area contributed by atoms with E-state index >= 15 is 0 Å². The lowest BCUT2D eigenvalue weighted by Gasteiger charge is -2.32. The zero-order valence-corrected chi connectivity index (χ0v) is 32.1. The molecule has 0 saturated carbocycles. The minimum Gasteiger partial charge on any atom is -0.463 e. The Morgan fingerprint density at radius 3 is 1.42 bits per heavy atom. The SMILES string of the molecule is C.C.C.C.C.C.C.C.C.C.C.C.C.C.C.C.COCCOCCOC(=O)CCCNC(=O)CCN(CCNC(=O)CCN(CCN(CC(C)C)C(C)C)CC(C)C)CCC(=O)CCCN. The third-order valence-electron chi connectivity index (χ3n) is 7.89. The summed E-state index contributed by atoms with van der Waals surface area (Å²) in [6.45, 7) is 22.3. The molecule has 416 valence electrons. The van der Waals surface area contributed by atoms with Crippen molar-refractivity contribution in [3.8, 4) is 0 Å². The lowest BCUT2D eigenvalue weighted by molar-refractivity contribution is -0.145. The number of methoxy groups -OCH3 is 1. The molecule has 0 saturated heterocycles. The topological polar surface area (TPSA) is 156 Å². The van der Waals surface area contributed by atoms with Crippen LogP contribution < -0.4 is 16.4 Å². The molecule has 0 unspecified atom stereocenters. The number of ether oxygens (including phenoxy) is 3. The maximum absolute atomic E-state index is 12.8. The van der Waals surface area contributed by atoms with Crippen LogP contribution in [0.1, 0.15) is 205 Å². The third kappa shape index (κ3) is 73.6. The lowest BCUT2D eigenvalue weighted by atomic mass is 10.1. The molecule has 0 rings (SSSR count). The number of ketones is 1. The van der Waals surface area contributed by atoms with Crippen LogP contribution >= 0.6 is 0 Å². The number of carbonyl (C=O) groups excluding carboxylic acids is 4. The number of nitrogens with zero attached hydrogens (tertiary/aromatic N) is 3. The number of amides is 2. The van der Waals surface area contributed by atoms with E-state index in [-0.39, 0.29) is 162 Å². The fourth-order valence-corrected chi connectivity index (χ4v) is 5.19. The Balaban J connectivity index is -0.0000000960. The van der Waals surface area contributed by atoms with Crippen molar-refractivity contribution in [2.45, 2.75) is 211 Å². The number of hydrogen-bond donors (Lipinski definition) is 3. The quantitative estimate of drug-likeness (QED) is 0.0425. The van der Waals surface area contributed by atoms with Gasteiger partial charge >= 0.3 is 5.97 Å². The fourth-order valence-electron chi connectivity index (χ4n) is 5.19. The van der Waals surface area contributed by atoms with E-state index in [4.69, 9.17) is 19.9 Å². The van der Waals surface area contributed by atoms with Gasteiger partial charge in [0.25, 0.3) is 0 Å². The third-order valence-corrected chi connectivity index (χ3v) is 7.89. The van der Waals surface area contributed by atoms with Gasteiger partial charge in [0.15, 0.2) is 0 Å². The summed E-state index contributed by atoms with van der Waals surface area (Å²) in [4.78, 5) is 56.5.